The van der Waals surface area contributed by atoms with E-state index in [4.69, 9.17) is 4.74 Å². The quantitative estimate of drug-likeness (QED) is 0.488. The lowest BCUT2D eigenvalue weighted by molar-refractivity contribution is 0.291. The molecule has 4 heteroatoms. The Bertz CT molecular complexity index is 787. The molecule has 1 aromatic carbocycles. The Morgan fingerprint density at radius 3 is 2.86 bits per heavy atom. The van der Waals surface area contributed by atoms with Gasteiger partial charge in [0, 0.05) is 25.3 Å². The largest absolute Gasteiger partial charge is 0.492 e. The molecular weight excluding hydrogens is 364 g/mol. The number of thiophene rings is 2. The van der Waals surface area contributed by atoms with Gasteiger partial charge in [-0.25, -0.2) is 0 Å². The molecule has 1 unspecified atom stereocenters. The van der Waals surface area contributed by atoms with E-state index in [0.717, 1.165) is 12.4 Å². The van der Waals surface area contributed by atoms with Gasteiger partial charge < -0.3 is 4.74 Å². The van der Waals surface area contributed by atoms with Crippen LogP contribution in [-0.4, -0.2) is 6.61 Å². The summed E-state index contributed by atoms with van der Waals surface area (Å²) in [7, 11) is 0. The molecule has 2 aromatic heterocycles. The molecule has 0 amide bonds. The molecule has 1 aliphatic rings. The molecule has 0 spiro atoms. The summed E-state index contributed by atoms with van der Waals surface area (Å²) >= 11 is 7.56. The first kappa shape index (κ1) is 13.8. The molecule has 0 radical (unpaired) electrons. The van der Waals surface area contributed by atoms with Crippen molar-refractivity contribution in [3.63, 3.8) is 0 Å². The molecule has 0 saturated heterocycles. The smallest absolute Gasteiger partial charge is 0.123 e. The Hall–Kier alpha value is -0.840. The lowest BCUT2D eigenvalue weighted by atomic mass is 9.86. The molecule has 0 bridgehead atoms. The number of fused-ring (bicyclic) bond motifs is 2. The average molecular weight is 379 g/mol. The Balaban J connectivity index is 1.75. The van der Waals surface area contributed by atoms with Gasteiger partial charge in [-0.15, -0.1) is 22.7 Å². The standard InChI is InChI=1S/C17H15BrOS2/c1-17(2)9-19-12-4-3-10(7-11(12)17)16(18)15-8-14-13(21-15)5-6-20-14/h3-8,16H,9H2,1-2H3. The van der Waals surface area contributed by atoms with Crippen molar-refractivity contribution in [3.8, 4) is 5.75 Å². The minimum Gasteiger partial charge on any atom is -0.492 e. The first-order chi connectivity index (χ1) is 10.0. The van der Waals surface area contributed by atoms with Crippen LogP contribution in [0.2, 0.25) is 0 Å². The lowest BCUT2D eigenvalue weighted by Crippen LogP contribution is -2.18. The minimum absolute atomic E-state index is 0.105. The van der Waals surface area contributed by atoms with Gasteiger partial charge in [-0.3, -0.25) is 0 Å². The van der Waals surface area contributed by atoms with Gasteiger partial charge in [-0.05, 0) is 35.2 Å². The van der Waals surface area contributed by atoms with Crippen molar-refractivity contribution in [2.75, 3.05) is 6.61 Å². The maximum Gasteiger partial charge on any atom is 0.123 e. The van der Waals surface area contributed by atoms with Crippen molar-refractivity contribution < 1.29 is 4.74 Å². The van der Waals surface area contributed by atoms with Crippen molar-refractivity contribution in [1.29, 1.82) is 0 Å². The van der Waals surface area contributed by atoms with E-state index in [2.05, 4.69) is 65.5 Å². The van der Waals surface area contributed by atoms with E-state index in [1.165, 1.54) is 25.4 Å². The third-order valence-corrected chi connectivity index (χ3v) is 7.51. The molecule has 4 rings (SSSR count). The maximum absolute atomic E-state index is 5.78. The maximum atomic E-state index is 5.78. The van der Waals surface area contributed by atoms with E-state index in [1.807, 2.05) is 22.7 Å². The van der Waals surface area contributed by atoms with Crippen molar-refractivity contribution in [1.82, 2.24) is 0 Å². The van der Waals surface area contributed by atoms with Crippen molar-refractivity contribution in [3.05, 3.63) is 51.7 Å². The van der Waals surface area contributed by atoms with Crippen molar-refractivity contribution >= 4 is 48.0 Å². The molecule has 0 N–H and O–H groups in total. The Morgan fingerprint density at radius 1 is 1.19 bits per heavy atom. The van der Waals surface area contributed by atoms with Crippen LogP contribution >= 0.6 is 38.6 Å². The second kappa shape index (κ2) is 4.83. The molecule has 1 nitrogen and oxygen atoms in total. The summed E-state index contributed by atoms with van der Waals surface area (Å²) in [6, 6.07) is 11.1. The highest BCUT2D eigenvalue weighted by molar-refractivity contribution is 9.09. The van der Waals surface area contributed by atoms with E-state index in [0.29, 0.717) is 0 Å². The summed E-state index contributed by atoms with van der Waals surface area (Å²) in [5, 5.41) is 2.16. The molecule has 1 aliphatic heterocycles. The first-order valence-corrected chi connectivity index (χ1v) is 9.54. The molecule has 0 saturated carbocycles. The summed E-state index contributed by atoms with van der Waals surface area (Å²) in [5.74, 6) is 1.04. The van der Waals surface area contributed by atoms with Crippen LogP contribution in [0.5, 0.6) is 5.75 Å². The number of benzene rings is 1. The average Bonchev–Trinajstić information content (AvgIpc) is 3.11. The fraction of sp³-hybridized carbons (Fsp3) is 0.294. The lowest BCUT2D eigenvalue weighted by Gasteiger charge is -2.17. The molecule has 108 valence electrons. The zero-order chi connectivity index (χ0) is 14.6. The van der Waals surface area contributed by atoms with E-state index in [9.17, 15) is 0 Å². The highest BCUT2D eigenvalue weighted by Crippen LogP contribution is 2.44. The number of hydrogen-bond donors (Lipinski definition) is 0. The third-order valence-electron chi connectivity index (χ3n) is 4.02. The van der Waals surface area contributed by atoms with Gasteiger partial charge in [0.25, 0.3) is 0 Å². The minimum atomic E-state index is 0.105. The molecule has 1 atom stereocenters. The fourth-order valence-electron chi connectivity index (χ4n) is 2.77. The van der Waals surface area contributed by atoms with Crippen molar-refractivity contribution in [2.24, 2.45) is 0 Å². The van der Waals surface area contributed by atoms with Gasteiger partial charge in [0.15, 0.2) is 0 Å². The van der Waals surface area contributed by atoms with E-state index in [-0.39, 0.29) is 10.2 Å². The highest BCUT2D eigenvalue weighted by atomic mass is 79.9. The normalized spacial score (nSPS) is 17.7. The summed E-state index contributed by atoms with van der Waals surface area (Å²) < 4.78 is 8.54. The summed E-state index contributed by atoms with van der Waals surface area (Å²) in [6.45, 7) is 5.26. The van der Waals surface area contributed by atoms with Gasteiger partial charge in [-0.2, -0.15) is 0 Å². The second-order valence-corrected chi connectivity index (χ2v) is 9.07. The summed E-state index contributed by atoms with van der Waals surface area (Å²) in [6.07, 6.45) is 0. The van der Waals surface area contributed by atoms with Crippen molar-refractivity contribution in [2.45, 2.75) is 24.1 Å². The SMILES string of the molecule is CC1(C)COc2ccc(C(Br)c3cc4sccc4s3)cc21. The Kier molecular flexibility index (Phi) is 3.18. The van der Waals surface area contributed by atoms with Crippen LogP contribution in [-0.2, 0) is 5.41 Å². The molecule has 3 aromatic rings. The highest BCUT2D eigenvalue weighted by Gasteiger charge is 2.32. The van der Waals surface area contributed by atoms with Gasteiger partial charge in [0.05, 0.1) is 11.4 Å². The predicted molar refractivity (Wildman–Crippen MR) is 95.4 cm³/mol. The van der Waals surface area contributed by atoms with Gasteiger partial charge >= 0.3 is 0 Å². The van der Waals surface area contributed by atoms with Gasteiger partial charge in [-0.1, -0.05) is 35.8 Å². The van der Waals surface area contributed by atoms with Crippen LogP contribution in [0.3, 0.4) is 0 Å². The number of ether oxygens (including phenoxy) is 1. The Labute approximate surface area is 140 Å². The molecule has 0 aliphatic carbocycles. The summed E-state index contributed by atoms with van der Waals surface area (Å²) in [5.41, 5.74) is 2.73. The number of hydrogen-bond acceptors (Lipinski definition) is 3. The van der Waals surface area contributed by atoms with Crippen LogP contribution in [0.4, 0.5) is 0 Å². The van der Waals surface area contributed by atoms with Crippen LogP contribution in [0.25, 0.3) is 9.40 Å². The fourth-order valence-corrected chi connectivity index (χ4v) is 5.59. The van der Waals surface area contributed by atoms with Crippen LogP contribution in [0, 0.1) is 0 Å². The second-order valence-electron chi connectivity index (χ2n) is 6.09. The topological polar surface area (TPSA) is 9.23 Å². The van der Waals surface area contributed by atoms with Gasteiger partial charge in [0.1, 0.15) is 5.75 Å². The van der Waals surface area contributed by atoms with E-state index in [1.54, 1.807) is 0 Å². The predicted octanol–water partition coefficient (Wildman–Crippen LogP) is 6.12. The number of halogens is 1. The third kappa shape index (κ3) is 2.24. The number of alkyl halides is 1. The van der Waals surface area contributed by atoms with E-state index < -0.39 is 0 Å². The molecule has 0 fully saturated rings. The first-order valence-electron chi connectivity index (χ1n) is 6.93. The molecule has 3 heterocycles. The zero-order valence-corrected chi connectivity index (χ0v) is 15.1. The van der Waals surface area contributed by atoms with Crippen LogP contribution in [0.1, 0.15) is 34.7 Å². The summed E-state index contributed by atoms with van der Waals surface area (Å²) in [4.78, 5) is 1.62. The molecular formula is C17H15BrOS2. The van der Waals surface area contributed by atoms with Crippen LogP contribution < -0.4 is 4.74 Å². The van der Waals surface area contributed by atoms with E-state index >= 15 is 0 Å². The molecule has 21 heavy (non-hydrogen) atoms. The van der Waals surface area contributed by atoms with Gasteiger partial charge in [0.2, 0.25) is 0 Å². The monoisotopic (exact) mass is 378 g/mol. The van der Waals surface area contributed by atoms with Crippen LogP contribution in [0.15, 0.2) is 35.7 Å². The zero-order valence-electron chi connectivity index (χ0n) is 11.9. The number of rotatable bonds is 2. The Morgan fingerprint density at radius 2 is 2.05 bits per heavy atom.